The number of rotatable bonds is 2. The van der Waals surface area contributed by atoms with Crippen molar-refractivity contribution in [2.75, 3.05) is 11.1 Å². The molecule has 0 heterocycles. The number of nitrogens with two attached hydrogens (primary N) is 1. The molecule has 0 aliphatic carbocycles. The summed E-state index contributed by atoms with van der Waals surface area (Å²) in [6.45, 7) is 1.98. The van der Waals surface area contributed by atoms with Gasteiger partial charge in [0.05, 0.1) is 10.0 Å². The van der Waals surface area contributed by atoms with Crippen LogP contribution in [0, 0.1) is 6.92 Å². The van der Waals surface area contributed by atoms with E-state index in [1.54, 1.807) is 18.2 Å². The zero-order chi connectivity index (χ0) is 13.1. The number of halogens is 1. The van der Waals surface area contributed by atoms with Crippen molar-refractivity contribution in [3.05, 3.63) is 58.1 Å². The maximum absolute atomic E-state index is 12.1. The van der Waals surface area contributed by atoms with Crippen LogP contribution in [0.25, 0.3) is 0 Å². The number of nitrogen functional groups attached to an aromatic ring is 1. The Morgan fingerprint density at radius 2 is 1.94 bits per heavy atom. The molecule has 0 saturated carbocycles. The molecular weight excluding hydrogens is 292 g/mol. The van der Waals surface area contributed by atoms with Crippen LogP contribution in [0.15, 0.2) is 46.9 Å². The summed E-state index contributed by atoms with van der Waals surface area (Å²) < 4.78 is 0.621. The maximum atomic E-state index is 12.1. The molecule has 0 radical (unpaired) electrons. The van der Waals surface area contributed by atoms with E-state index in [0.29, 0.717) is 15.7 Å². The molecule has 4 heteroatoms. The Morgan fingerprint density at radius 3 is 2.67 bits per heavy atom. The normalized spacial score (nSPS) is 10.1. The van der Waals surface area contributed by atoms with E-state index in [1.165, 1.54) is 0 Å². The first kappa shape index (κ1) is 12.6. The zero-order valence-corrected chi connectivity index (χ0v) is 11.5. The molecule has 0 atom stereocenters. The molecule has 2 rings (SSSR count). The molecule has 0 aliphatic rings. The summed E-state index contributed by atoms with van der Waals surface area (Å²) in [4.78, 5) is 12.1. The average Bonchev–Trinajstić information content (AvgIpc) is 2.32. The molecule has 1 amide bonds. The average molecular weight is 305 g/mol. The summed E-state index contributed by atoms with van der Waals surface area (Å²) >= 11 is 3.32. The molecule has 3 nitrogen and oxygen atoms in total. The molecule has 3 N–H and O–H groups in total. The first-order valence-electron chi connectivity index (χ1n) is 5.50. The topological polar surface area (TPSA) is 55.1 Å². The summed E-state index contributed by atoms with van der Waals surface area (Å²) in [5.41, 5.74) is 8.69. The van der Waals surface area contributed by atoms with Crippen molar-refractivity contribution in [3.8, 4) is 0 Å². The van der Waals surface area contributed by atoms with Crippen LogP contribution in [0.1, 0.15) is 15.9 Å². The number of anilines is 2. The number of amides is 1. The highest BCUT2D eigenvalue weighted by molar-refractivity contribution is 9.10. The van der Waals surface area contributed by atoms with Crippen molar-refractivity contribution in [1.82, 2.24) is 0 Å². The van der Waals surface area contributed by atoms with Gasteiger partial charge in [0.15, 0.2) is 0 Å². The first-order chi connectivity index (χ1) is 8.58. The summed E-state index contributed by atoms with van der Waals surface area (Å²) in [5.74, 6) is -0.181. The van der Waals surface area contributed by atoms with E-state index in [2.05, 4.69) is 21.2 Å². The van der Waals surface area contributed by atoms with Gasteiger partial charge in [-0.05, 0) is 52.7 Å². The number of hydrogen-bond acceptors (Lipinski definition) is 2. The van der Waals surface area contributed by atoms with Gasteiger partial charge in [-0.3, -0.25) is 4.79 Å². The molecule has 0 aliphatic heterocycles. The fraction of sp³-hybridized carbons (Fsp3) is 0.0714. The fourth-order valence-corrected chi connectivity index (χ4v) is 2.09. The molecule has 2 aromatic rings. The fourth-order valence-electron chi connectivity index (χ4n) is 1.65. The highest BCUT2D eigenvalue weighted by Crippen LogP contribution is 2.24. The molecule has 2 aromatic carbocycles. The molecule has 0 unspecified atom stereocenters. The lowest BCUT2D eigenvalue weighted by Crippen LogP contribution is -2.13. The Kier molecular flexibility index (Phi) is 3.67. The van der Waals surface area contributed by atoms with E-state index >= 15 is 0 Å². The highest BCUT2D eigenvalue weighted by atomic mass is 79.9. The first-order valence-corrected chi connectivity index (χ1v) is 6.29. The Hall–Kier alpha value is -1.81. The van der Waals surface area contributed by atoms with Gasteiger partial charge in [0, 0.05) is 11.4 Å². The molecule has 0 fully saturated rings. The minimum absolute atomic E-state index is 0.181. The smallest absolute Gasteiger partial charge is 0.256 e. The van der Waals surface area contributed by atoms with Gasteiger partial charge in [-0.25, -0.2) is 0 Å². The molecule has 0 saturated heterocycles. The van der Waals surface area contributed by atoms with Gasteiger partial charge in [-0.1, -0.05) is 18.2 Å². The van der Waals surface area contributed by atoms with Gasteiger partial charge in [0.2, 0.25) is 0 Å². The number of nitrogens with one attached hydrogen (secondary N) is 1. The van der Waals surface area contributed by atoms with Crippen molar-refractivity contribution < 1.29 is 4.79 Å². The van der Waals surface area contributed by atoms with E-state index in [1.807, 2.05) is 31.2 Å². The SMILES string of the molecule is Cc1cccc(NC(=O)c2cccc(N)c2Br)c1. The predicted molar refractivity (Wildman–Crippen MR) is 77.7 cm³/mol. The molecular formula is C14H13BrN2O. The number of carbonyl (C=O) groups is 1. The molecule has 0 spiro atoms. The molecule has 18 heavy (non-hydrogen) atoms. The lowest BCUT2D eigenvalue weighted by Gasteiger charge is -2.08. The monoisotopic (exact) mass is 304 g/mol. The van der Waals surface area contributed by atoms with E-state index in [4.69, 9.17) is 5.73 Å². The van der Waals surface area contributed by atoms with E-state index in [0.717, 1.165) is 11.3 Å². The van der Waals surface area contributed by atoms with Crippen LogP contribution in [0.2, 0.25) is 0 Å². The quantitative estimate of drug-likeness (QED) is 0.833. The minimum Gasteiger partial charge on any atom is -0.398 e. The number of aryl methyl sites for hydroxylation is 1. The maximum Gasteiger partial charge on any atom is 0.256 e. The highest BCUT2D eigenvalue weighted by Gasteiger charge is 2.11. The van der Waals surface area contributed by atoms with Crippen molar-refractivity contribution in [3.63, 3.8) is 0 Å². The van der Waals surface area contributed by atoms with Gasteiger partial charge in [0.1, 0.15) is 0 Å². The lowest BCUT2D eigenvalue weighted by molar-refractivity contribution is 0.102. The van der Waals surface area contributed by atoms with Gasteiger partial charge >= 0.3 is 0 Å². The van der Waals surface area contributed by atoms with Crippen molar-refractivity contribution in [2.24, 2.45) is 0 Å². The van der Waals surface area contributed by atoms with Crippen LogP contribution in [-0.2, 0) is 0 Å². The summed E-state index contributed by atoms with van der Waals surface area (Å²) in [6, 6.07) is 12.9. The second kappa shape index (κ2) is 5.23. The van der Waals surface area contributed by atoms with Crippen LogP contribution >= 0.6 is 15.9 Å². The third-order valence-corrected chi connectivity index (χ3v) is 3.43. The van der Waals surface area contributed by atoms with Crippen LogP contribution in [0.5, 0.6) is 0 Å². The minimum atomic E-state index is -0.181. The van der Waals surface area contributed by atoms with Crippen LogP contribution < -0.4 is 11.1 Å². The van der Waals surface area contributed by atoms with Crippen molar-refractivity contribution in [2.45, 2.75) is 6.92 Å². The van der Waals surface area contributed by atoms with E-state index in [-0.39, 0.29) is 5.91 Å². The van der Waals surface area contributed by atoms with Crippen LogP contribution in [-0.4, -0.2) is 5.91 Å². The van der Waals surface area contributed by atoms with Gasteiger partial charge in [0.25, 0.3) is 5.91 Å². The Morgan fingerprint density at radius 1 is 1.22 bits per heavy atom. The Balaban J connectivity index is 2.25. The standard InChI is InChI=1S/C14H13BrN2O/c1-9-4-2-5-10(8-9)17-14(18)11-6-3-7-12(16)13(11)15/h2-8H,16H2,1H3,(H,17,18). The lowest BCUT2D eigenvalue weighted by atomic mass is 10.1. The second-order valence-electron chi connectivity index (χ2n) is 4.03. The largest absolute Gasteiger partial charge is 0.398 e. The Labute approximate surface area is 114 Å². The molecule has 0 bridgehead atoms. The number of hydrogen-bond donors (Lipinski definition) is 2. The molecule has 0 aromatic heterocycles. The van der Waals surface area contributed by atoms with Gasteiger partial charge in [-0.2, -0.15) is 0 Å². The summed E-state index contributed by atoms with van der Waals surface area (Å²) in [7, 11) is 0. The Bertz CT molecular complexity index is 596. The van der Waals surface area contributed by atoms with Crippen molar-refractivity contribution in [1.29, 1.82) is 0 Å². The number of carbonyl (C=O) groups excluding carboxylic acids is 1. The second-order valence-corrected chi connectivity index (χ2v) is 4.83. The third-order valence-electron chi connectivity index (χ3n) is 2.55. The van der Waals surface area contributed by atoms with Crippen LogP contribution in [0.4, 0.5) is 11.4 Å². The van der Waals surface area contributed by atoms with Gasteiger partial charge in [-0.15, -0.1) is 0 Å². The summed E-state index contributed by atoms with van der Waals surface area (Å²) in [6.07, 6.45) is 0. The van der Waals surface area contributed by atoms with Crippen molar-refractivity contribution >= 4 is 33.2 Å². The predicted octanol–water partition coefficient (Wildman–Crippen LogP) is 3.59. The van der Waals surface area contributed by atoms with E-state index < -0.39 is 0 Å². The van der Waals surface area contributed by atoms with Gasteiger partial charge < -0.3 is 11.1 Å². The molecule has 92 valence electrons. The van der Waals surface area contributed by atoms with E-state index in [9.17, 15) is 4.79 Å². The van der Waals surface area contributed by atoms with Crippen LogP contribution in [0.3, 0.4) is 0 Å². The zero-order valence-electron chi connectivity index (χ0n) is 9.91. The third kappa shape index (κ3) is 2.71. The summed E-state index contributed by atoms with van der Waals surface area (Å²) in [5, 5.41) is 2.84. The number of benzene rings is 2.